The summed E-state index contributed by atoms with van der Waals surface area (Å²) in [7, 11) is 0. The molecule has 1 amide bonds. The zero-order chi connectivity index (χ0) is 17.2. The van der Waals surface area contributed by atoms with E-state index in [4.69, 9.17) is 4.74 Å². The third-order valence-electron chi connectivity index (χ3n) is 3.73. The van der Waals surface area contributed by atoms with E-state index in [0.717, 1.165) is 18.0 Å². The fraction of sp³-hybridized carbons (Fsp3) is 0.312. The van der Waals surface area contributed by atoms with Gasteiger partial charge in [0, 0.05) is 18.9 Å². The van der Waals surface area contributed by atoms with Crippen molar-refractivity contribution in [1.82, 2.24) is 14.9 Å². The number of benzene rings is 1. The number of hydrogen-bond acceptors (Lipinski definition) is 4. The number of nitrogens with zero attached hydrogens (tertiary/aromatic N) is 3. The van der Waals surface area contributed by atoms with Crippen molar-refractivity contribution in [2.45, 2.75) is 12.2 Å². The highest BCUT2D eigenvalue weighted by Crippen LogP contribution is 2.27. The van der Waals surface area contributed by atoms with Gasteiger partial charge in [0.1, 0.15) is 0 Å². The molecule has 0 radical (unpaired) electrons. The fourth-order valence-corrected chi connectivity index (χ4v) is 2.55. The quantitative estimate of drug-likeness (QED) is 0.845. The van der Waals surface area contributed by atoms with Gasteiger partial charge in [-0.2, -0.15) is 13.2 Å². The molecule has 5 nitrogen and oxygen atoms in total. The molecule has 1 aliphatic heterocycles. The Kier molecular flexibility index (Phi) is 4.48. The van der Waals surface area contributed by atoms with E-state index in [0.29, 0.717) is 19.8 Å². The lowest BCUT2D eigenvalue weighted by molar-refractivity contribution is -0.145. The van der Waals surface area contributed by atoms with Crippen molar-refractivity contribution < 1.29 is 22.7 Å². The van der Waals surface area contributed by atoms with Crippen LogP contribution in [-0.4, -0.2) is 40.5 Å². The minimum Gasteiger partial charge on any atom is -0.377 e. The third-order valence-corrected chi connectivity index (χ3v) is 3.73. The van der Waals surface area contributed by atoms with Gasteiger partial charge in [0.15, 0.2) is 0 Å². The Labute approximate surface area is 136 Å². The summed E-state index contributed by atoms with van der Waals surface area (Å²) in [5, 5.41) is 0. The van der Waals surface area contributed by atoms with E-state index >= 15 is 0 Å². The van der Waals surface area contributed by atoms with Crippen molar-refractivity contribution in [2.75, 3.05) is 19.8 Å². The molecule has 2 aromatic rings. The number of alkyl halides is 3. The van der Waals surface area contributed by atoms with Gasteiger partial charge in [0.25, 0.3) is 5.91 Å². The third kappa shape index (κ3) is 3.38. The maximum absolute atomic E-state index is 12.7. The number of aromatic nitrogens is 2. The molecule has 1 aromatic carbocycles. The second-order valence-electron chi connectivity index (χ2n) is 5.29. The fourth-order valence-electron chi connectivity index (χ4n) is 2.55. The van der Waals surface area contributed by atoms with Gasteiger partial charge in [-0.3, -0.25) is 4.79 Å². The number of morpholine rings is 1. The van der Waals surface area contributed by atoms with Gasteiger partial charge in [0.05, 0.1) is 24.8 Å². The van der Waals surface area contributed by atoms with Gasteiger partial charge in [0.2, 0.25) is 5.82 Å². The van der Waals surface area contributed by atoms with Crippen LogP contribution in [0, 0.1) is 0 Å². The largest absolute Gasteiger partial charge is 0.451 e. The van der Waals surface area contributed by atoms with Crippen molar-refractivity contribution in [3.8, 4) is 0 Å². The smallest absolute Gasteiger partial charge is 0.377 e. The molecule has 0 aliphatic carbocycles. The maximum Gasteiger partial charge on any atom is 0.451 e. The van der Waals surface area contributed by atoms with Crippen LogP contribution in [0.15, 0.2) is 42.7 Å². The molecular formula is C16H14F3N3O2. The van der Waals surface area contributed by atoms with Crippen molar-refractivity contribution in [3.05, 3.63) is 59.7 Å². The zero-order valence-electron chi connectivity index (χ0n) is 12.5. The summed E-state index contributed by atoms with van der Waals surface area (Å²) < 4.78 is 43.0. The molecule has 1 fully saturated rings. The highest BCUT2D eigenvalue weighted by molar-refractivity contribution is 5.94. The number of ether oxygens (including phenoxy) is 1. The molecule has 1 saturated heterocycles. The normalized spacial score (nSPS) is 18.5. The molecule has 126 valence electrons. The predicted molar refractivity (Wildman–Crippen MR) is 78.1 cm³/mol. The lowest BCUT2D eigenvalue weighted by Gasteiger charge is -2.35. The van der Waals surface area contributed by atoms with Crippen LogP contribution in [0.3, 0.4) is 0 Å². The molecular weight excluding hydrogens is 323 g/mol. The van der Waals surface area contributed by atoms with E-state index in [1.807, 2.05) is 30.3 Å². The second-order valence-corrected chi connectivity index (χ2v) is 5.29. The highest BCUT2D eigenvalue weighted by atomic mass is 19.4. The van der Waals surface area contributed by atoms with Crippen LogP contribution in [0.4, 0.5) is 13.2 Å². The summed E-state index contributed by atoms with van der Waals surface area (Å²) in [6.07, 6.45) is -2.81. The Morgan fingerprint density at radius 2 is 1.83 bits per heavy atom. The van der Waals surface area contributed by atoms with Gasteiger partial charge in [-0.1, -0.05) is 30.3 Å². The molecule has 0 saturated carbocycles. The molecule has 0 bridgehead atoms. The van der Waals surface area contributed by atoms with Crippen molar-refractivity contribution >= 4 is 5.91 Å². The van der Waals surface area contributed by atoms with E-state index in [-0.39, 0.29) is 11.6 Å². The van der Waals surface area contributed by atoms with E-state index < -0.39 is 17.9 Å². The van der Waals surface area contributed by atoms with E-state index in [1.165, 1.54) is 0 Å². The number of hydrogen-bond donors (Lipinski definition) is 0. The predicted octanol–water partition coefficient (Wildman–Crippen LogP) is 2.71. The van der Waals surface area contributed by atoms with Crippen LogP contribution >= 0.6 is 0 Å². The molecule has 8 heteroatoms. The summed E-state index contributed by atoms with van der Waals surface area (Å²) in [4.78, 5) is 20.7. The minimum absolute atomic E-state index is 0.0193. The topological polar surface area (TPSA) is 55.3 Å². The minimum atomic E-state index is -4.63. The lowest BCUT2D eigenvalue weighted by atomic mass is 10.0. The number of carbonyl (C=O) groups is 1. The van der Waals surface area contributed by atoms with Crippen LogP contribution < -0.4 is 0 Å². The van der Waals surface area contributed by atoms with Gasteiger partial charge < -0.3 is 9.64 Å². The van der Waals surface area contributed by atoms with E-state index in [9.17, 15) is 18.0 Å². The molecule has 0 spiro atoms. The van der Waals surface area contributed by atoms with Crippen molar-refractivity contribution in [1.29, 1.82) is 0 Å². The molecule has 24 heavy (non-hydrogen) atoms. The van der Waals surface area contributed by atoms with Crippen LogP contribution in [0.5, 0.6) is 0 Å². The lowest BCUT2D eigenvalue weighted by Crippen LogP contribution is -2.43. The van der Waals surface area contributed by atoms with Crippen molar-refractivity contribution in [2.24, 2.45) is 0 Å². The second kappa shape index (κ2) is 6.56. The number of carbonyl (C=O) groups excluding carboxylic acids is 1. The van der Waals surface area contributed by atoms with Crippen LogP contribution in [-0.2, 0) is 10.9 Å². The maximum atomic E-state index is 12.7. The Hall–Kier alpha value is -2.48. The van der Waals surface area contributed by atoms with E-state index in [1.54, 1.807) is 4.90 Å². The average Bonchev–Trinajstić information content (AvgIpc) is 2.61. The first-order valence-corrected chi connectivity index (χ1v) is 7.30. The summed E-state index contributed by atoms with van der Waals surface area (Å²) in [6, 6.07) is 9.03. The summed E-state index contributed by atoms with van der Waals surface area (Å²) in [5.74, 6) is -1.68. The highest BCUT2D eigenvalue weighted by Gasteiger charge is 2.35. The van der Waals surface area contributed by atoms with Gasteiger partial charge >= 0.3 is 6.18 Å². The first kappa shape index (κ1) is 16.4. The standard InChI is InChI=1S/C16H14F3N3O2/c17-16(18,19)15-20-8-12(9-21-15)14(23)22-6-7-24-10-13(22)11-4-2-1-3-5-11/h1-5,8-9,13H,6-7,10H2/t13-/m0/s1. The van der Waals surface area contributed by atoms with Crippen LogP contribution in [0.2, 0.25) is 0 Å². The van der Waals surface area contributed by atoms with Crippen LogP contribution in [0.25, 0.3) is 0 Å². The SMILES string of the molecule is O=C(c1cnc(C(F)(F)F)nc1)N1CCOC[C@H]1c1ccccc1. The first-order chi connectivity index (χ1) is 11.5. The molecule has 3 rings (SSSR count). The monoisotopic (exact) mass is 337 g/mol. The Morgan fingerprint density at radius 3 is 2.46 bits per heavy atom. The zero-order valence-corrected chi connectivity index (χ0v) is 12.5. The van der Waals surface area contributed by atoms with Gasteiger partial charge in [-0.15, -0.1) is 0 Å². The Bertz CT molecular complexity index is 705. The van der Waals surface area contributed by atoms with E-state index in [2.05, 4.69) is 9.97 Å². The van der Waals surface area contributed by atoms with Gasteiger partial charge in [-0.25, -0.2) is 9.97 Å². The number of halogens is 3. The van der Waals surface area contributed by atoms with Gasteiger partial charge in [-0.05, 0) is 5.56 Å². The summed E-state index contributed by atoms with van der Waals surface area (Å²) in [6.45, 7) is 1.05. The number of amides is 1. The molecule has 0 unspecified atom stereocenters. The number of rotatable bonds is 2. The molecule has 1 aromatic heterocycles. The summed E-state index contributed by atoms with van der Waals surface area (Å²) >= 11 is 0. The molecule has 1 atom stereocenters. The average molecular weight is 337 g/mol. The Morgan fingerprint density at radius 1 is 1.17 bits per heavy atom. The molecule has 1 aliphatic rings. The van der Waals surface area contributed by atoms with Crippen molar-refractivity contribution in [3.63, 3.8) is 0 Å². The molecule has 2 heterocycles. The summed E-state index contributed by atoms with van der Waals surface area (Å²) in [5.41, 5.74) is 0.921. The Balaban J connectivity index is 1.84. The molecule has 0 N–H and O–H groups in total. The van der Waals surface area contributed by atoms with Crippen LogP contribution in [0.1, 0.15) is 27.8 Å². The first-order valence-electron chi connectivity index (χ1n) is 7.30.